The minimum atomic E-state index is -1.04. The maximum Gasteiger partial charge on any atom is 0.326 e. The molecule has 4 rings (SSSR count). The van der Waals surface area contributed by atoms with E-state index in [-0.39, 0.29) is 36.7 Å². The highest BCUT2D eigenvalue weighted by Crippen LogP contribution is 2.31. The molecule has 1 aliphatic heterocycles. The van der Waals surface area contributed by atoms with Crippen molar-refractivity contribution in [1.29, 1.82) is 0 Å². The topological polar surface area (TPSA) is 105 Å². The number of amides is 1. The molecule has 27 heavy (non-hydrogen) atoms. The summed E-state index contributed by atoms with van der Waals surface area (Å²) in [5, 5.41) is 9.43. The number of benzene rings is 1. The molecular weight excluding hydrogens is 350 g/mol. The van der Waals surface area contributed by atoms with Gasteiger partial charge in [0.05, 0.1) is 17.1 Å². The minimum Gasteiger partial charge on any atom is -0.480 e. The van der Waals surface area contributed by atoms with Crippen LogP contribution in [0.25, 0.3) is 11.0 Å². The molecule has 1 aromatic carbocycles. The van der Waals surface area contributed by atoms with E-state index in [1.165, 1.54) is 12.0 Å². The van der Waals surface area contributed by atoms with Crippen molar-refractivity contribution in [3.8, 4) is 0 Å². The summed E-state index contributed by atoms with van der Waals surface area (Å²) in [5.41, 5.74) is 1.59. The number of likely N-dealkylation sites (tertiary alicyclic amines) is 1. The number of nitrogens with zero attached hydrogens (tertiary/aromatic N) is 2. The summed E-state index contributed by atoms with van der Waals surface area (Å²) in [5.74, 6) is -1.40. The molecule has 1 saturated carbocycles. The molecule has 0 bridgehead atoms. The fourth-order valence-corrected chi connectivity index (χ4v) is 4.38. The first-order valence-corrected chi connectivity index (χ1v) is 9.30. The van der Waals surface area contributed by atoms with Crippen molar-refractivity contribution < 1.29 is 19.4 Å². The van der Waals surface area contributed by atoms with Crippen molar-refractivity contribution >= 4 is 22.9 Å². The fraction of sp³-hybridized carbons (Fsp3) is 0.526. The zero-order valence-electron chi connectivity index (χ0n) is 15.2. The van der Waals surface area contributed by atoms with E-state index in [1.54, 1.807) is 22.8 Å². The lowest BCUT2D eigenvalue weighted by molar-refractivity contribution is -0.141. The summed E-state index contributed by atoms with van der Waals surface area (Å²) in [7, 11) is 1.51. The molecular formula is C19H23N3O5. The second-order valence-corrected chi connectivity index (χ2v) is 7.38. The maximum absolute atomic E-state index is 12.9. The van der Waals surface area contributed by atoms with Crippen LogP contribution in [0.4, 0.5) is 0 Å². The molecule has 2 N–H and O–H groups in total. The number of nitrogens with one attached hydrogen (secondary N) is 1. The predicted octanol–water partition coefficient (Wildman–Crippen LogP) is 1.76. The quantitative estimate of drug-likeness (QED) is 0.850. The van der Waals surface area contributed by atoms with Crippen LogP contribution in [0.15, 0.2) is 23.0 Å². The third kappa shape index (κ3) is 3.03. The average Bonchev–Trinajstić information content (AvgIpc) is 3.37. The number of fused-ring (bicyclic) bond motifs is 1. The lowest BCUT2D eigenvalue weighted by Gasteiger charge is -2.21. The van der Waals surface area contributed by atoms with Gasteiger partial charge in [0.2, 0.25) is 0 Å². The van der Waals surface area contributed by atoms with Gasteiger partial charge >= 0.3 is 11.7 Å². The van der Waals surface area contributed by atoms with Crippen molar-refractivity contribution in [2.75, 3.05) is 13.7 Å². The van der Waals surface area contributed by atoms with Crippen LogP contribution in [0.3, 0.4) is 0 Å². The molecule has 144 valence electrons. The van der Waals surface area contributed by atoms with E-state index in [0.717, 1.165) is 31.2 Å². The Balaban J connectivity index is 1.67. The van der Waals surface area contributed by atoms with Crippen LogP contribution in [0, 0.1) is 0 Å². The molecule has 2 aromatic rings. The number of ether oxygens (including phenoxy) is 1. The van der Waals surface area contributed by atoms with E-state index in [1.807, 2.05) is 0 Å². The predicted molar refractivity (Wildman–Crippen MR) is 97.9 cm³/mol. The lowest BCUT2D eigenvalue weighted by Crippen LogP contribution is -2.40. The van der Waals surface area contributed by atoms with Crippen LogP contribution in [0.1, 0.15) is 48.5 Å². The van der Waals surface area contributed by atoms with Crippen molar-refractivity contribution in [2.45, 2.75) is 50.3 Å². The van der Waals surface area contributed by atoms with E-state index >= 15 is 0 Å². The van der Waals surface area contributed by atoms with E-state index in [4.69, 9.17) is 4.74 Å². The number of carboxylic acid groups (broad SMARTS) is 1. The molecule has 0 radical (unpaired) electrons. The van der Waals surface area contributed by atoms with Crippen molar-refractivity contribution in [2.24, 2.45) is 0 Å². The zero-order chi connectivity index (χ0) is 19.1. The normalized spacial score (nSPS) is 23.4. The largest absolute Gasteiger partial charge is 0.480 e. The zero-order valence-corrected chi connectivity index (χ0v) is 15.2. The number of aromatic nitrogens is 2. The van der Waals surface area contributed by atoms with Crippen molar-refractivity contribution in [1.82, 2.24) is 14.5 Å². The summed E-state index contributed by atoms with van der Waals surface area (Å²) >= 11 is 0. The number of rotatable bonds is 4. The number of hydrogen-bond acceptors (Lipinski definition) is 4. The highest BCUT2D eigenvalue weighted by molar-refractivity contribution is 5.99. The molecule has 1 amide bonds. The summed E-state index contributed by atoms with van der Waals surface area (Å²) in [6, 6.07) is 4.38. The van der Waals surface area contributed by atoms with Gasteiger partial charge in [-0.05, 0) is 31.0 Å². The maximum atomic E-state index is 12.9. The molecule has 0 spiro atoms. The Morgan fingerprint density at radius 1 is 1.26 bits per heavy atom. The Morgan fingerprint density at radius 2 is 2.00 bits per heavy atom. The van der Waals surface area contributed by atoms with Gasteiger partial charge in [0.1, 0.15) is 6.04 Å². The van der Waals surface area contributed by atoms with Gasteiger partial charge in [-0.25, -0.2) is 9.59 Å². The third-order valence-corrected chi connectivity index (χ3v) is 5.80. The van der Waals surface area contributed by atoms with Gasteiger partial charge in [-0.1, -0.05) is 12.8 Å². The highest BCUT2D eigenvalue weighted by atomic mass is 16.5. The van der Waals surface area contributed by atoms with Crippen LogP contribution in [-0.4, -0.2) is 57.2 Å². The fourth-order valence-electron chi connectivity index (χ4n) is 4.38. The Labute approximate surface area is 155 Å². The molecule has 8 nitrogen and oxygen atoms in total. The SMILES string of the molecule is COC1CC(C(=O)O)N(C(=O)c2ccc3c(c2)[nH]c(=O)n3C2CCCC2)C1. The van der Waals surface area contributed by atoms with Crippen LogP contribution in [-0.2, 0) is 9.53 Å². The van der Waals surface area contributed by atoms with Gasteiger partial charge in [-0.3, -0.25) is 9.36 Å². The van der Waals surface area contributed by atoms with Crippen LogP contribution in [0.2, 0.25) is 0 Å². The Kier molecular flexibility index (Phi) is 4.51. The Morgan fingerprint density at radius 3 is 2.67 bits per heavy atom. The van der Waals surface area contributed by atoms with Gasteiger partial charge in [-0.2, -0.15) is 0 Å². The number of carbonyl (C=O) groups excluding carboxylic acids is 1. The van der Waals surface area contributed by atoms with E-state index in [2.05, 4.69) is 4.98 Å². The molecule has 2 aliphatic rings. The minimum absolute atomic E-state index is 0.162. The molecule has 1 aliphatic carbocycles. The molecule has 1 aromatic heterocycles. The molecule has 2 unspecified atom stereocenters. The summed E-state index contributed by atoms with van der Waals surface area (Å²) < 4.78 is 7.03. The summed E-state index contributed by atoms with van der Waals surface area (Å²) in [4.78, 5) is 41.0. The van der Waals surface area contributed by atoms with E-state index in [9.17, 15) is 19.5 Å². The Bertz CT molecular complexity index is 940. The molecule has 2 heterocycles. The highest BCUT2D eigenvalue weighted by Gasteiger charge is 2.40. The molecule has 8 heteroatoms. The van der Waals surface area contributed by atoms with Gasteiger partial charge in [-0.15, -0.1) is 0 Å². The number of carbonyl (C=O) groups is 2. The van der Waals surface area contributed by atoms with Crippen LogP contribution < -0.4 is 5.69 Å². The Hall–Kier alpha value is -2.61. The first-order chi connectivity index (χ1) is 13.0. The van der Waals surface area contributed by atoms with Gasteiger partial charge in [0, 0.05) is 31.7 Å². The number of hydrogen-bond donors (Lipinski definition) is 2. The summed E-state index contributed by atoms with van der Waals surface area (Å²) in [6.07, 6.45) is 4.19. The van der Waals surface area contributed by atoms with Gasteiger partial charge in [0.15, 0.2) is 0 Å². The first-order valence-electron chi connectivity index (χ1n) is 9.30. The van der Waals surface area contributed by atoms with Gasteiger partial charge < -0.3 is 19.7 Å². The van der Waals surface area contributed by atoms with E-state index in [0.29, 0.717) is 11.1 Å². The lowest BCUT2D eigenvalue weighted by atomic mass is 10.1. The van der Waals surface area contributed by atoms with Gasteiger partial charge in [0.25, 0.3) is 5.91 Å². The number of methoxy groups -OCH3 is 1. The number of aliphatic carboxylic acids is 1. The second kappa shape index (κ2) is 6.84. The molecule has 1 saturated heterocycles. The van der Waals surface area contributed by atoms with Crippen molar-refractivity contribution in [3.05, 3.63) is 34.2 Å². The number of imidazole rings is 1. The van der Waals surface area contributed by atoms with Crippen LogP contribution >= 0.6 is 0 Å². The molecule has 2 fully saturated rings. The molecule has 2 atom stereocenters. The number of H-pyrrole nitrogens is 1. The summed E-state index contributed by atoms with van der Waals surface area (Å²) in [6.45, 7) is 0.240. The van der Waals surface area contributed by atoms with Crippen LogP contribution in [0.5, 0.6) is 0 Å². The second-order valence-electron chi connectivity index (χ2n) is 7.38. The van der Waals surface area contributed by atoms with Crippen molar-refractivity contribution in [3.63, 3.8) is 0 Å². The first kappa shape index (κ1) is 17.8. The smallest absolute Gasteiger partial charge is 0.326 e. The van der Waals surface area contributed by atoms with E-state index < -0.39 is 12.0 Å². The monoisotopic (exact) mass is 373 g/mol. The number of carboxylic acids is 1. The third-order valence-electron chi connectivity index (χ3n) is 5.80. The number of aromatic amines is 1. The average molecular weight is 373 g/mol. The standard InChI is InChI=1S/C19H23N3O5/c1-27-13-9-16(18(24)25)21(10-13)17(23)11-6-7-15-14(8-11)20-19(26)22(15)12-4-2-3-5-12/h6-8,12-13,16H,2-5,9-10H2,1H3,(H,20,26)(H,24,25).